The number of hydrogen-bond acceptors (Lipinski definition) is 5. The molecule has 1 aliphatic heterocycles. The van der Waals surface area contributed by atoms with Crippen LogP contribution in [0.25, 0.3) is 11.4 Å². The molecule has 0 radical (unpaired) electrons. The van der Waals surface area contributed by atoms with Crippen molar-refractivity contribution in [2.75, 3.05) is 38.1 Å². The van der Waals surface area contributed by atoms with E-state index >= 15 is 0 Å². The van der Waals surface area contributed by atoms with Crippen molar-refractivity contribution in [2.24, 2.45) is 0 Å². The van der Waals surface area contributed by atoms with Crippen LogP contribution in [0.5, 0.6) is 5.88 Å². The fourth-order valence-corrected chi connectivity index (χ4v) is 4.88. The molecule has 176 valence electrons. The molecule has 1 aromatic heterocycles. The molecule has 3 rings (SSSR count). The lowest BCUT2D eigenvalue weighted by Crippen LogP contribution is -2.39. The fourth-order valence-electron chi connectivity index (χ4n) is 4.88. The summed E-state index contributed by atoms with van der Waals surface area (Å²) in [5.41, 5.74) is 5.90. The molecule has 2 aromatic rings. The van der Waals surface area contributed by atoms with E-state index in [-0.39, 0.29) is 6.10 Å². The molecule has 32 heavy (non-hydrogen) atoms. The lowest BCUT2D eigenvalue weighted by molar-refractivity contribution is 0.100. The maximum Gasteiger partial charge on any atom is 0.241 e. The average Bonchev–Trinajstić information content (AvgIpc) is 2.78. The minimum Gasteiger partial charge on any atom is -0.471 e. The highest BCUT2D eigenvalue weighted by Crippen LogP contribution is 2.36. The van der Waals surface area contributed by atoms with Crippen LogP contribution in [-0.2, 0) is 12.8 Å². The first-order chi connectivity index (χ1) is 15.5. The zero-order valence-corrected chi connectivity index (χ0v) is 21.1. The van der Waals surface area contributed by atoms with Gasteiger partial charge in [-0.15, -0.1) is 0 Å². The van der Waals surface area contributed by atoms with Gasteiger partial charge in [0.25, 0.3) is 0 Å². The Morgan fingerprint density at radius 1 is 1.03 bits per heavy atom. The smallest absolute Gasteiger partial charge is 0.241 e. The van der Waals surface area contributed by atoms with Gasteiger partial charge in [-0.1, -0.05) is 45.9 Å². The molecule has 2 heterocycles. The summed E-state index contributed by atoms with van der Waals surface area (Å²) in [6, 6.07) is 6.57. The van der Waals surface area contributed by atoms with E-state index in [0.29, 0.717) is 0 Å². The summed E-state index contributed by atoms with van der Waals surface area (Å²) in [6.07, 6.45) is 6.53. The van der Waals surface area contributed by atoms with E-state index in [1.807, 2.05) is 0 Å². The van der Waals surface area contributed by atoms with Gasteiger partial charge in [0.1, 0.15) is 11.8 Å². The molecule has 1 saturated heterocycles. The molecule has 5 heteroatoms. The van der Waals surface area contributed by atoms with Crippen molar-refractivity contribution in [3.63, 3.8) is 0 Å². The molecule has 0 spiro atoms. The quantitative estimate of drug-likeness (QED) is 0.478. The predicted octanol–water partition coefficient (Wildman–Crippen LogP) is 5.68. The van der Waals surface area contributed by atoms with Crippen molar-refractivity contribution in [3.8, 4) is 17.3 Å². The summed E-state index contributed by atoms with van der Waals surface area (Å²) in [5.74, 6) is 1.58. The number of likely N-dealkylation sites (tertiary alicyclic amines) is 1. The van der Waals surface area contributed by atoms with Gasteiger partial charge in [0.2, 0.25) is 5.88 Å². The van der Waals surface area contributed by atoms with E-state index in [4.69, 9.17) is 14.7 Å². The van der Waals surface area contributed by atoms with Crippen molar-refractivity contribution in [3.05, 3.63) is 35.0 Å². The summed E-state index contributed by atoms with van der Waals surface area (Å²) in [6.45, 7) is 15.1. The Morgan fingerprint density at radius 2 is 1.69 bits per heavy atom. The summed E-state index contributed by atoms with van der Waals surface area (Å²) >= 11 is 0. The summed E-state index contributed by atoms with van der Waals surface area (Å²) < 4.78 is 6.69. The highest BCUT2D eigenvalue weighted by atomic mass is 16.5. The van der Waals surface area contributed by atoms with Gasteiger partial charge in [-0.05, 0) is 70.2 Å². The molecule has 1 aliphatic rings. The van der Waals surface area contributed by atoms with Crippen LogP contribution >= 0.6 is 0 Å². The maximum absolute atomic E-state index is 6.69. The van der Waals surface area contributed by atoms with Crippen molar-refractivity contribution in [1.82, 2.24) is 14.9 Å². The van der Waals surface area contributed by atoms with Crippen LogP contribution in [0.15, 0.2) is 18.2 Å². The van der Waals surface area contributed by atoms with Gasteiger partial charge in [-0.2, -0.15) is 4.98 Å². The zero-order chi connectivity index (χ0) is 23.1. The largest absolute Gasteiger partial charge is 0.471 e. The van der Waals surface area contributed by atoms with Crippen LogP contribution in [0.2, 0.25) is 0 Å². The van der Waals surface area contributed by atoms with Crippen molar-refractivity contribution >= 4 is 5.69 Å². The first-order valence-corrected chi connectivity index (χ1v) is 12.6. The topological polar surface area (TPSA) is 41.5 Å². The molecule has 0 aliphatic carbocycles. The Hall–Kier alpha value is -2.14. The van der Waals surface area contributed by atoms with Crippen LogP contribution in [0.1, 0.15) is 70.2 Å². The zero-order valence-electron chi connectivity index (χ0n) is 21.1. The van der Waals surface area contributed by atoms with Crippen LogP contribution in [0.4, 0.5) is 5.69 Å². The Bertz CT molecular complexity index is 854. The summed E-state index contributed by atoms with van der Waals surface area (Å²) in [5, 5.41) is 0. The number of aryl methyl sites for hydroxylation is 3. The first-order valence-electron chi connectivity index (χ1n) is 12.6. The standard InChI is InChI=1S/C27H42N4O/c1-7-16-31(17-8-2)25-20(5)28-26(24-21(9-3)13-11-14-22(24)10-4)29-27(25)32-23-15-12-18-30(6)19-23/h11,13-14,23H,7-10,12,15-19H2,1-6H3. The minimum atomic E-state index is 0.173. The third-order valence-electron chi connectivity index (χ3n) is 6.41. The highest BCUT2D eigenvalue weighted by Gasteiger charge is 2.25. The number of hydrogen-bond donors (Lipinski definition) is 0. The molecule has 1 aromatic carbocycles. The normalized spacial score (nSPS) is 16.9. The van der Waals surface area contributed by atoms with Crippen molar-refractivity contribution < 1.29 is 4.74 Å². The van der Waals surface area contributed by atoms with Gasteiger partial charge >= 0.3 is 0 Å². The van der Waals surface area contributed by atoms with Crippen molar-refractivity contribution in [2.45, 2.75) is 79.2 Å². The molecular formula is C27H42N4O. The van der Waals surface area contributed by atoms with Crippen LogP contribution < -0.4 is 9.64 Å². The Labute approximate surface area is 195 Å². The molecule has 1 unspecified atom stereocenters. The molecule has 0 amide bonds. The predicted molar refractivity (Wildman–Crippen MR) is 135 cm³/mol. The Kier molecular flexibility index (Phi) is 8.92. The highest BCUT2D eigenvalue weighted by molar-refractivity contribution is 5.69. The van der Waals surface area contributed by atoms with Gasteiger partial charge < -0.3 is 14.5 Å². The lowest BCUT2D eigenvalue weighted by atomic mass is 9.97. The molecule has 0 N–H and O–H groups in total. The number of aromatic nitrogens is 2. The molecule has 1 atom stereocenters. The van der Waals surface area contributed by atoms with Gasteiger partial charge in [0.05, 0.1) is 5.69 Å². The number of rotatable bonds is 10. The van der Waals surface area contributed by atoms with Gasteiger partial charge in [-0.3, -0.25) is 0 Å². The number of anilines is 1. The van der Waals surface area contributed by atoms with E-state index in [1.165, 1.54) is 23.1 Å². The Balaban J connectivity index is 2.13. The fraction of sp³-hybridized carbons (Fsp3) is 0.630. The van der Waals surface area contributed by atoms with Gasteiger partial charge in [0, 0.05) is 25.2 Å². The number of piperidine rings is 1. The van der Waals surface area contributed by atoms with Crippen LogP contribution in [-0.4, -0.2) is 54.2 Å². The number of ether oxygens (including phenoxy) is 1. The van der Waals surface area contributed by atoms with Crippen LogP contribution in [0.3, 0.4) is 0 Å². The molecule has 0 saturated carbocycles. The second-order valence-electron chi connectivity index (χ2n) is 9.08. The molecule has 5 nitrogen and oxygen atoms in total. The van der Waals surface area contributed by atoms with E-state index in [9.17, 15) is 0 Å². The third-order valence-corrected chi connectivity index (χ3v) is 6.41. The number of nitrogens with zero attached hydrogens (tertiary/aromatic N) is 4. The average molecular weight is 439 g/mol. The maximum atomic E-state index is 6.69. The van der Waals surface area contributed by atoms with E-state index in [0.717, 1.165) is 81.4 Å². The van der Waals surface area contributed by atoms with Crippen molar-refractivity contribution in [1.29, 1.82) is 0 Å². The molecule has 0 bridgehead atoms. The summed E-state index contributed by atoms with van der Waals surface area (Å²) in [7, 11) is 2.18. The van der Waals surface area contributed by atoms with E-state index in [2.05, 4.69) is 69.7 Å². The van der Waals surface area contributed by atoms with Gasteiger partial charge in [-0.25, -0.2) is 4.98 Å². The molecular weight excluding hydrogens is 396 g/mol. The van der Waals surface area contributed by atoms with Crippen LogP contribution in [0, 0.1) is 6.92 Å². The minimum absolute atomic E-state index is 0.173. The number of benzene rings is 1. The third kappa shape index (κ3) is 5.61. The van der Waals surface area contributed by atoms with E-state index in [1.54, 1.807) is 0 Å². The second-order valence-corrected chi connectivity index (χ2v) is 9.08. The van der Waals surface area contributed by atoms with E-state index < -0.39 is 0 Å². The first kappa shape index (κ1) is 24.5. The lowest BCUT2D eigenvalue weighted by Gasteiger charge is -2.32. The monoisotopic (exact) mass is 438 g/mol. The Morgan fingerprint density at radius 3 is 2.25 bits per heavy atom. The SMILES string of the molecule is CCCN(CCC)c1c(C)nc(-c2c(CC)cccc2CC)nc1OC1CCCN(C)C1. The van der Waals surface area contributed by atoms with Gasteiger partial charge in [0.15, 0.2) is 5.82 Å². The number of likely N-dealkylation sites (N-methyl/N-ethyl adjacent to an activating group) is 1. The second kappa shape index (κ2) is 11.6. The summed E-state index contributed by atoms with van der Waals surface area (Å²) in [4.78, 5) is 15.0. The molecule has 1 fully saturated rings.